The predicted molar refractivity (Wildman–Crippen MR) is 113 cm³/mol. The van der Waals surface area contributed by atoms with Crippen LogP contribution in [0.25, 0.3) is 0 Å². The van der Waals surface area contributed by atoms with Crippen molar-refractivity contribution < 1.29 is 43.3 Å². The molecule has 0 radical (unpaired) electrons. The normalized spacial score (nSPS) is 15.1. The number of hydrogen-bond acceptors (Lipinski definition) is 8. The average Bonchev–Trinajstić information content (AvgIpc) is 2.52. The molecule has 0 spiro atoms. The van der Waals surface area contributed by atoms with Crippen molar-refractivity contribution in [3.63, 3.8) is 0 Å². The third-order valence-corrected chi connectivity index (χ3v) is 8.73. The minimum absolute atomic E-state index is 0.224. The summed E-state index contributed by atoms with van der Waals surface area (Å²) in [5, 5.41) is 0. The van der Waals surface area contributed by atoms with Gasteiger partial charge in [0, 0.05) is 25.7 Å². The van der Waals surface area contributed by atoms with Crippen molar-refractivity contribution in [3.05, 3.63) is 0 Å². The van der Waals surface area contributed by atoms with Gasteiger partial charge in [-0.15, -0.1) is 12.6 Å². The zero-order valence-electron chi connectivity index (χ0n) is 17.7. The molecule has 2 unspecified atom stereocenters. The van der Waals surface area contributed by atoms with Crippen LogP contribution in [0.4, 0.5) is 0 Å². The van der Waals surface area contributed by atoms with Crippen LogP contribution in [0.2, 0.25) is 19.1 Å². The van der Waals surface area contributed by atoms with Crippen LogP contribution >= 0.6 is 0 Å². The molecule has 0 heterocycles. The molecule has 2 atom stereocenters. The maximum atomic E-state index is 10.9. The van der Waals surface area contributed by atoms with E-state index in [4.69, 9.17) is 21.6 Å². The molecule has 14 heteroatoms. The minimum atomic E-state index is -4.20. The molecule has 0 saturated heterocycles. The van der Waals surface area contributed by atoms with E-state index < -0.39 is 40.1 Å². The third kappa shape index (κ3) is 20.8. The Morgan fingerprint density at radius 3 is 1.90 bits per heavy atom. The highest BCUT2D eigenvalue weighted by atomic mass is 32.2. The van der Waals surface area contributed by atoms with Gasteiger partial charge in [-0.05, 0) is 32.0 Å². The quantitative estimate of drug-likeness (QED) is 0.151. The molecule has 176 valence electrons. The average molecular weight is 498 g/mol. The molecular formula is C15H35NO9S3Si. The van der Waals surface area contributed by atoms with Gasteiger partial charge in [0.1, 0.15) is 0 Å². The van der Waals surface area contributed by atoms with E-state index in [0.29, 0.717) is 23.9 Å². The van der Waals surface area contributed by atoms with Crippen molar-refractivity contribution in [2.75, 3.05) is 44.8 Å². The topological polar surface area (TPSA) is 155 Å². The molecule has 0 amide bonds. The molecule has 0 aromatic heterocycles. The maximum absolute atomic E-state index is 10.9. The fraction of sp³-hybridized carbons (Fsp3) is 1.00. The van der Waals surface area contributed by atoms with Gasteiger partial charge in [-0.2, -0.15) is 0 Å². The zero-order valence-corrected chi connectivity index (χ0v) is 21.1. The first-order valence-corrected chi connectivity index (χ1v) is 16.3. The lowest BCUT2D eigenvalue weighted by atomic mass is 10.2. The summed E-state index contributed by atoms with van der Waals surface area (Å²) < 4.78 is 84.3. The second-order valence-corrected chi connectivity index (χ2v) is 14.9. The second-order valence-electron chi connectivity index (χ2n) is 7.50. The largest absolute Gasteiger partial charge is 0.748 e. The summed E-state index contributed by atoms with van der Waals surface area (Å²) in [5.41, 5.74) is 0. The van der Waals surface area contributed by atoms with Crippen LogP contribution in [0, 0.1) is 0 Å². The maximum Gasteiger partial charge on any atom is 0.425 e. The van der Waals surface area contributed by atoms with E-state index in [0.717, 1.165) is 38.5 Å². The van der Waals surface area contributed by atoms with E-state index in [2.05, 4.69) is 20.0 Å². The van der Waals surface area contributed by atoms with Crippen molar-refractivity contribution >= 4 is 40.1 Å². The number of rotatable bonds is 15. The Bertz CT molecular complexity index is 676. The van der Waals surface area contributed by atoms with E-state index in [1.165, 1.54) is 0 Å². The second kappa shape index (κ2) is 15.6. The highest BCUT2D eigenvalue weighted by Gasteiger charge is 2.28. The van der Waals surface area contributed by atoms with Gasteiger partial charge in [0.2, 0.25) is 0 Å². The smallest absolute Gasteiger partial charge is 0.425 e. The standard InChI is InChI=1S/C15H35NO6S2Si.O3S/c1-5-9-16(10-6-13-23(17)18,11-7-14-24(19,20)21)12-8-15-25(3,4)22-2;1-4(2)3/h5-15H2,1-4H3,(H-,17,18,19,20,21);. The number of nitrogens with zero attached hydrogens (tertiary/aromatic N) is 1. The fourth-order valence-corrected chi connectivity index (χ4v) is 5.26. The molecule has 0 aromatic rings. The molecule has 10 nitrogen and oxygen atoms in total. The first-order chi connectivity index (χ1) is 13.2. The van der Waals surface area contributed by atoms with Crippen molar-refractivity contribution in [1.29, 1.82) is 0 Å². The van der Waals surface area contributed by atoms with Crippen molar-refractivity contribution in [2.45, 2.75) is 51.7 Å². The molecule has 0 rings (SSSR count). The molecule has 0 aliphatic carbocycles. The van der Waals surface area contributed by atoms with Crippen LogP contribution in [0.1, 0.15) is 32.6 Å². The van der Waals surface area contributed by atoms with Crippen molar-refractivity contribution in [2.24, 2.45) is 0 Å². The summed E-state index contributed by atoms with van der Waals surface area (Å²) in [4.78, 5) is 0. The lowest BCUT2D eigenvalue weighted by molar-refractivity contribution is -0.928. The fourth-order valence-electron chi connectivity index (χ4n) is 3.19. The number of hydrogen-bond donors (Lipinski definition) is 1. The monoisotopic (exact) mass is 497 g/mol. The Morgan fingerprint density at radius 2 is 1.48 bits per heavy atom. The Hall–Kier alpha value is -0.223. The molecule has 0 bridgehead atoms. The lowest BCUT2D eigenvalue weighted by Crippen LogP contribution is -2.51. The van der Waals surface area contributed by atoms with Gasteiger partial charge in [0.05, 0.1) is 42.1 Å². The van der Waals surface area contributed by atoms with Crippen LogP contribution < -0.4 is 0 Å². The molecule has 0 aliphatic rings. The molecule has 1 N–H and O–H groups in total. The van der Waals surface area contributed by atoms with Crippen LogP contribution in [-0.2, 0) is 36.2 Å². The van der Waals surface area contributed by atoms with E-state index >= 15 is 0 Å². The van der Waals surface area contributed by atoms with Crippen LogP contribution in [0.15, 0.2) is 0 Å². The Labute approximate surface area is 179 Å². The van der Waals surface area contributed by atoms with Gasteiger partial charge in [-0.3, -0.25) is 0 Å². The summed E-state index contributed by atoms with van der Waals surface area (Å²) in [6.07, 6.45) is 2.86. The molecule has 0 saturated carbocycles. The zero-order chi connectivity index (χ0) is 23.1. The summed E-state index contributed by atoms with van der Waals surface area (Å²) in [6.45, 7) is 9.52. The van der Waals surface area contributed by atoms with Gasteiger partial charge in [0.25, 0.3) is 0 Å². The Kier molecular flexibility index (Phi) is 16.6. The summed E-state index contributed by atoms with van der Waals surface area (Å²) >= 11 is -1.81. The Balaban J connectivity index is 0. The third-order valence-electron chi connectivity index (χ3n) is 4.64. The molecule has 29 heavy (non-hydrogen) atoms. The van der Waals surface area contributed by atoms with Crippen molar-refractivity contribution in [3.8, 4) is 0 Å². The molecular weight excluding hydrogens is 462 g/mol. The van der Waals surface area contributed by atoms with Gasteiger partial charge < -0.3 is 18.0 Å². The van der Waals surface area contributed by atoms with Crippen molar-refractivity contribution in [1.82, 2.24) is 0 Å². The van der Waals surface area contributed by atoms with E-state index in [1.807, 2.05) is 0 Å². The number of quaternary nitrogens is 1. The van der Waals surface area contributed by atoms with Gasteiger partial charge >= 0.3 is 10.6 Å². The van der Waals surface area contributed by atoms with E-state index in [9.17, 15) is 17.2 Å². The molecule has 0 aliphatic heterocycles. The van der Waals surface area contributed by atoms with Gasteiger partial charge in [-0.25, -0.2) is 12.6 Å². The minimum Gasteiger partial charge on any atom is -0.748 e. The molecule has 0 aromatic carbocycles. The Morgan fingerprint density at radius 1 is 1.00 bits per heavy atom. The van der Waals surface area contributed by atoms with Crippen LogP contribution in [0.3, 0.4) is 0 Å². The summed E-state index contributed by atoms with van der Waals surface area (Å²) in [7, 11) is -7.22. The van der Waals surface area contributed by atoms with E-state index in [-0.39, 0.29) is 11.5 Å². The molecule has 0 fully saturated rings. The van der Waals surface area contributed by atoms with Crippen LogP contribution in [-0.4, -0.2) is 92.0 Å². The summed E-state index contributed by atoms with van der Waals surface area (Å²) in [5.74, 6) is -0.122. The summed E-state index contributed by atoms with van der Waals surface area (Å²) in [6, 6.07) is 1.01. The first-order valence-electron chi connectivity index (χ1n) is 9.36. The van der Waals surface area contributed by atoms with Crippen LogP contribution in [0.5, 0.6) is 0 Å². The van der Waals surface area contributed by atoms with Gasteiger partial charge in [0.15, 0.2) is 19.4 Å². The van der Waals surface area contributed by atoms with Gasteiger partial charge in [-0.1, -0.05) is 6.92 Å². The highest BCUT2D eigenvalue weighted by Crippen LogP contribution is 2.19. The highest BCUT2D eigenvalue weighted by molar-refractivity contribution is 7.85. The first kappa shape index (κ1) is 31.0. The SMILES string of the molecule is CCC[N+](CCCS(=O)O)(CCC[Si](C)(C)OC)CCCS(=O)(=O)[O-].O=S(=O)=O. The lowest BCUT2D eigenvalue weighted by Gasteiger charge is -2.39. The predicted octanol–water partition coefficient (Wildman–Crippen LogP) is 0.998. The van der Waals surface area contributed by atoms with E-state index in [1.54, 1.807) is 7.11 Å².